The molecule has 1 amide bonds. The van der Waals surface area contributed by atoms with Gasteiger partial charge in [-0.15, -0.1) is 0 Å². The highest BCUT2D eigenvalue weighted by Crippen LogP contribution is 2.25. The Morgan fingerprint density at radius 3 is 2.76 bits per heavy atom. The summed E-state index contributed by atoms with van der Waals surface area (Å²) in [6, 6.07) is 11.9. The largest absolute Gasteiger partial charge is 0.344 e. The van der Waals surface area contributed by atoms with Gasteiger partial charge in [0.15, 0.2) is 5.82 Å². The molecule has 3 heterocycles. The van der Waals surface area contributed by atoms with E-state index in [4.69, 9.17) is 0 Å². The number of aryl methyl sites for hydroxylation is 1. The molecule has 10 heteroatoms. The molecule has 33 heavy (non-hydrogen) atoms. The summed E-state index contributed by atoms with van der Waals surface area (Å²) >= 11 is 0. The van der Waals surface area contributed by atoms with E-state index in [0.717, 1.165) is 11.4 Å². The van der Waals surface area contributed by atoms with Crippen molar-refractivity contribution in [2.24, 2.45) is 0 Å². The normalized spacial score (nSPS) is 10.9. The number of amides is 1. The van der Waals surface area contributed by atoms with E-state index in [1.165, 1.54) is 12.1 Å². The summed E-state index contributed by atoms with van der Waals surface area (Å²) in [6.45, 7) is 4.06. The van der Waals surface area contributed by atoms with Crippen molar-refractivity contribution in [2.45, 2.75) is 26.8 Å². The third-order valence-electron chi connectivity index (χ3n) is 5.30. The topological polar surface area (TPSA) is 123 Å². The van der Waals surface area contributed by atoms with Gasteiger partial charge in [0.2, 0.25) is 0 Å². The highest BCUT2D eigenvalue weighted by Gasteiger charge is 2.22. The van der Waals surface area contributed by atoms with Crippen LogP contribution in [-0.2, 0) is 13.0 Å². The average Bonchev–Trinajstić information content (AvgIpc) is 3.42. The highest BCUT2D eigenvalue weighted by atomic mass is 16.6. The molecule has 3 aromatic heterocycles. The second kappa shape index (κ2) is 9.03. The molecule has 10 nitrogen and oxygen atoms in total. The average molecular weight is 445 g/mol. The molecule has 0 fully saturated rings. The first-order chi connectivity index (χ1) is 15.9. The van der Waals surface area contributed by atoms with Crippen molar-refractivity contribution in [1.82, 2.24) is 29.6 Å². The van der Waals surface area contributed by atoms with E-state index >= 15 is 0 Å². The predicted molar refractivity (Wildman–Crippen MR) is 122 cm³/mol. The smallest absolute Gasteiger partial charge is 0.270 e. The van der Waals surface area contributed by atoms with Crippen molar-refractivity contribution in [3.8, 4) is 17.1 Å². The number of non-ortho nitro benzene ring substituents is 1. The second-order valence-corrected chi connectivity index (χ2v) is 7.58. The molecule has 0 atom stereocenters. The monoisotopic (exact) mass is 445 g/mol. The lowest BCUT2D eigenvalue weighted by molar-refractivity contribution is -0.384. The Morgan fingerprint density at radius 2 is 2.06 bits per heavy atom. The fraction of sp³-hybridized carbons (Fsp3) is 0.217. The molecule has 1 N–H and O–H groups in total. The number of hydrogen-bond donors (Lipinski definition) is 1. The van der Waals surface area contributed by atoms with E-state index in [1.807, 2.05) is 32.0 Å². The Bertz CT molecular complexity index is 1310. The fourth-order valence-electron chi connectivity index (χ4n) is 3.72. The number of nitrogens with one attached hydrogen (secondary N) is 1. The van der Waals surface area contributed by atoms with Gasteiger partial charge in [-0.3, -0.25) is 14.9 Å². The van der Waals surface area contributed by atoms with Crippen molar-refractivity contribution in [1.29, 1.82) is 0 Å². The standard InChI is InChI=1S/C23H23N7O3/c1-4-19-18(13-25-29(19)21-10-5-6-11-24-21)23(31)28(3)14-20-26-15(2)22(27-20)16-8-7-9-17(12-16)30(32)33/h5-13H,4,14H2,1-3H3,(H,26,27). The summed E-state index contributed by atoms with van der Waals surface area (Å²) in [5.41, 5.74) is 3.31. The van der Waals surface area contributed by atoms with E-state index in [-0.39, 0.29) is 18.1 Å². The van der Waals surface area contributed by atoms with Gasteiger partial charge in [0.05, 0.1) is 34.6 Å². The third-order valence-corrected chi connectivity index (χ3v) is 5.30. The Hall–Kier alpha value is -4.34. The summed E-state index contributed by atoms with van der Waals surface area (Å²) in [4.78, 5) is 37.5. The van der Waals surface area contributed by atoms with Crippen LogP contribution in [-0.4, -0.2) is 47.5 Å². The van der Waals surface area contributed by atoms with Crippen LogP contribution < -0.4 is 0 Å². The van der Waals surface area contributed by atoms with Crippen LogP contribution in [0.4, 0.5) is 5.69 Å². The molecule has 0 spiro atoms. The van der Waals surface area contributed by atoms with Crippen LogP contribution >= 0.6 is 0 Å². The lowest BCUT2D eigenvalue weighted by Gasteiger charge is -2.16. The lowest BCUT2D eigenvalue weighted by Crippen LogP contribution is -2.27. The Kier molecular flexibility index (Phi) is 5.99. The van der Waals surface area contributed by atoms with Crippen LogP contribution in [0, 0.1) is 17.0 Å². The van der Waals surface area contributed by atoms with E-state index in [9.17, 15) is 14.9 Å². The molecule has 0 saturated carbocycles. The van der Waals surface area contributed by atoms with Gasteiger partial charge in [0, 0.05) is 36.6 Å². The minimum atomic E-state index is -0.435. The van der Waals surface area contributed by atoms with Gasteiger partial charge in [-0.1, -0.05) is 25.1 Å². The lowest BCUT2D eigenvalue weighted by atomic mass is 10.1. The number of hydrogen-bond acceptors (Lipinski definition) is 6. The molecular formula is C23H23N7O3. The zero-order chi connectivity index (χ0) is 23.5. The first kappa shape index (κ1) is 21.9. The fourth-order valence-corrected chi connectivity index (χ4v) is 3.72. The van der Waals surface area contributed by atoms with Crippen molar-refractivity contribution in [3.05, 3.63) is 87.7 Å². The summed E-state index contributed by atoms with van der Waals surface area (Å²) in [5, 5.41) is 15.5. The number of carbonyl (C=O) groups is 1. The molecule has 0 radical (unpaired) electrons. The number of rotatable bonds is 7. The van der Waals surface area contributed by atoms with Crippen molar-refractivity contribution in [2.75, 3.05) is 7.05 Å². The molecular weight excluding hydrogens is 422 g/mol. The molecule has 0 aliphatic rings. The molecule has 0 aliphatic heterocycles. The minimum absolute atomic E-state index is 0.000703. The number of carbonyl (C=O) groups excluding carboxylic acids is 1. The van der Waals surface area contributed by atoms with Crippen LogP contribution in [0.1, 0.15) is 34.5 Å². The summed E-state index contributed by atoms with van der Waals surface area (Å²) in [7, 11) is 1.70. The summed E-state index contributed by atoms with van der Waals surface area (Å²) in [6.07, 6.45) is 3.86. The van der Waals surface area contributed by atoms with Gasteiger partial charge in [-0.2, -0.15) is 5.10 Å². The van der Waals surface area contributed by atoms with Gasteiger partial charge < -0.3 is 9.88 Å². The number of aromatic amines is 1. The number of benzene rings is 1. The van der Waals surface area contributed by atoms with Crippen molar-refractivity contribution < 1.29 is 9.72 Å². The Labute approximate surface area is 190 Å². The van der Waals surface area contributed by atoms with E-state index < -0.39 is 4.92 Å². The number of nitro benzene ring substituents is 1. The predicted octanol–water partition coefficient (Wildman–Crippen LogP) is 3.71. The van der Waals surface area contributed by atoms with Crippen LogP contribution in [0.5, 0.6) is 0 Å². The molecule has 0 bridgehead atoms. The second-order valence-electron chi connectivity index (χ2n) is 7.58. The van der Waals surface area contributed by atoms with Crippen LogP contribution in [0.2, 0.25) is 0 Å². The number of nitro groups is 1. The molecule has 0 unspecified atom stereocenters. The Balaban J connectivity index is 1.56. The Morgan fingerprint density at radius 1 is 1.24 bits per heavy atom. The maximum Gasteiger partial charge on any atom is 0.270 e. The van der Waals surface area contributed by atoms with Gasteiger partial charge in [-0.05, 0) is 25.5 Å². The minimum Gasteiger partial charge on any atom is -0.344 e. The maximum atomic E-state index is 13.2. The summed E-state index contributed by atoms with van der Waals surface area (Å²) in [5.74, 6) is 1.05. The van der Waals surface area contributed by atoms with Crippen LogP contribution in [0.15, 0.2) is 54.9 Å². The zero-order valence-electron chi connectivity index (χ0n) is 18.5. The highest BCUT2D eigenvalue weighted by molar-refractivity contribution is 5.95. The molecule has 168 valence electrons. The van der Waals surface area contributed by atoms with Crippen molar-refractivity contribution in [3.63, 3.8) is 0 Å². The maximum absolute atomic E-state index is 13.2. The molecule has 0 aliphatic carbocycles. The summed E-state index contributed by atoms with van der Waals surface area (Å²) < 4.78 is 1.68. The van der Waals surface area contributed by atoms with E-state index in [1.54, 1.807) is 41.2 Å². The van der Waals surface area contributed by atoms with Crippen LogP contribution in [0.3, 0.4) is 0 Å². The number of H-pyrrole nitrogens is 1. The third kappa shape index (κ3) is 4.36. The van der Waals surface area contributed by atoms with Gasteiger partial charge in [0.1, 0.15) is 5.82 Å². The van der Waals surface area contributed by atoms with Crippen molar-refractivity contribution >= 4 is 11.6 Å². The first-order valence-electron chi connectivity index (χ1n) is 10.4. The zero-order valence-corrected chi connectivity index (χ0v) is 18.5. The van der Waals surface area contributed by atoms with E-state index in [0.29, 0.717) is 34.9 Å². The molecule has 4 aromatic rings. The number of imidazole rings is 1. The van der Waals surface area contributed by atoms with Crippen LogP contribution in [0.25, 0.3) is 17.1 Å². The van der Waals surface area contributed by atoms with Gasteiger partial charge in [-0.25, -0.2) is 14.6 Å². The molecule has 1 aromatic carbocycles. The van der Waals surface area contributed by atoms with Gasteiger partial charge >= 0.3 is 0 Å². The number of pyridine rings is 1. The molecule has 0 saturated heterocycles. The quantitative estimate of drug-likeness (QED) is 0.342. The number of aromatic nitrogens is 5. The van der Waals surface area contributed by atoms with E-state index in [2.05, 4.69) is 20.1 Å². The SMILES string of the molecule is CCc1c(C(=O)N(C)Cc2nc(-c3cccc([N+](=O)[O-])c3)c(C)[nH]2)cnn1-c1ccccn1. The molecule has 4 rings (SSSR count). The first-order valence-corrected chi connectivity index (χ1v) is 10.4. The number of nitrogens with zero attached hydrogens (tertiary/aromatic N) is 6. The van der Waals surface area contributed by atoms with Gasteiger partial charge in [0.25, 0.3) is 11.6 Å².